The zero-order valence-electron chi connectivity index (χ0n) is 16.3. The van der Waals surface area contributed by atoms with Crippen molar-refractivity contribution in [2.45, 2.75) is 18.9 Å². The number of carbonyl (C=O) groups is 3. The van der Waals surface area contributed by atoms with E-state index in [4.69, 9.17) is 21.1 Å². The minimum absolute atomic E-state index is 0.275. The summed E-state index contributed by atoms with van der Waals surface area (Å²) in [5.41, 5.74) is -0.308. The van der Waals surface area contributed by atoms with E-state index in [9.17, 15) is 14.4 Å². The van der Waals surface area contributed by atoms with Crippen molar-refractivity contribution in [2.24, 2.45) is 0 Å². The minimum atomic E-state index is -1.22. The van der Waals surface area contributed by atoms with Gasteiger partial charge < -0.3 is 14.8 Å². The number of urea groups is 1. The number of benzene rings is 2. The first-order valence-corrected chi connectivity index (χ1v) is 9.39. The lowest BCUT2D eigenvalue weighted by molar-refractivity contribution is -0.131. The molecule has 152 valence electrons. The van der Waals surface area contributed by atoms with Crippen LogP contribution in [0.25, 0.3) is 0 Å². The van der Waals surface area contributed by atoms with Crippen molar-refractivity contribution in [3.63, 3.8) is 0 Å². The molecule has 8 heteroatoms. The lowest BCUT2D eigenvalue weighted by atomic mass is 9.87. The molecule has 1 saturated heterocycles. The summed E-state index contributed by atoms with van der Waals surface area (Å²) in [7, 11) is 3.02. The predicted molar refractivity (Wildman–Crippen MR) is 108 cm³/mol. The Morgan fingerprint density at radius 1 is 1.10 bits per heavy atom. The fourth-order valence-corrected chi connectivity index (χ4v) is 3.62. The summed E-state index contributed by atoms with van der Waals surface area (Å²) < 4.78 is 10.2. The summed E-state index contributed by atoms with van der Waals surface area (Å²) in [4.78, 5) is 39.3. The van der Waals surface area contributed by atoms with Crippen molar-refractivity contribution >= 4 is 29.3 Å². The van der Waals surface area contributed by atoms with Crippen LogP contribution in [0.5, 0.6) is 11.5 Å². The monoisotopic (exact) mass is 416 g/mol. The van der Waals surface area contributed by atoms with Gasteiger partial charge in [0.2, 0.25) is 0 Å². The highest BCUT2D eigenvalue weighted by molar-refractivity contribution is 6.32. The van der Waals surface area contributed by atoms with E-state index < -0.39 is 23.3 Å². The van der Waals surface area contributed by atoms with Gasteiger partial charge in [-0.25, -0.2) is 4.79 Å². The fraction of sp³-hybridized carbons (Fsp3) is 0.286. The molecule has 7 nitrogen and oxygen atoms in total. The molecule has 1 aliphatic rings. The summed E-state index contributed by atoms with van der Waals surface area (Å²) >= 11 is 6.07. The average molecular weight is 417 g/mol. The molecule has 0 radical (unpaired) electrons. The minimum Gasteiger partial charge on any atom is -0.497 e. The number of imide groups is 1. The third-order valence-electron chi connectivity index (χ3n) is 5.06. The van der Waals surface area contributed by atoms with Crippen molar-refractivity contribution in [3.05, 3.63) is 58.6 Å². The number of nitrogens with zero attached hydrogens (tertiary/aromatic N) is 1. The Morgan fingerprint density at radius 3 is 2.34 bits per heavy atom. The Bertz CT molecular complexity index is 960. The standard InChI is InChI=1S/C21H21ClN2O5/c1-4-21(14-6-8-15(28-2)9-7-14)19(26)24(20(27)23-21)12-17(25)13-5-10-18(29-3)16(22)11-13/h5-11H,4,12H2,1-3H3,(H,23,27)/t21-/m1/s1. The number of methoxy groups -OCH3 is 2. The Labute approximate surface area is 173 Å². The molecular weight excluding hydrogens is 396 g/mol. The van der Waals surface area contributed by atoms with Crippen LogP contribution >= 0.6 is 11.6 Å². The maximum Gasteiger partial charge on any atom is 0.325 e. The third kappa shape index (κ3) is 3.65. The van der Waals surface area contributed by atoms with E-state index in [2.05, 4.69) is 5.32 Å². The average Bonchev–Trinajstić information content (AvgIpc) is 2.98. The van der Waals surface area contributed by atoms with E-state index >= 15 is 0 Å². The highest BCUT2D eigenvalue weighted by Crippen LogP contribution is 2.33. The molecule has 0 aromatic heterocycles. The number of halogens is 1. The van der Waals surface area contributed by atoms with Crippen LogP contribution in [0.15, 0.2) is 42.5 Å². The van der Waals surface area contributed by atoms with Gasteiger partial charge in [0.05, 0.1) is 25.8 Å². The van der Waals surface area contributed by atoms with Gasteiger partial charge in [-0.05, 0) is 42.3 Å². The van der Waals surface area contributed by atoms with E-state index in [-0.39, 0.29) is 17.1 Å². The quantitative estimate of drug-likeness (QED) is 0.552. The number of amides is 3. The van der Waals surface area contributed by atoms with Crippen LogP contribution in [0.4, 0.5) is 4.79 Å². The van der Waals surface area contributed by atoms with Crippen molar-refractivity contribution in [2.75, 3.05) is 20.8 Å². The van der Waals surface area contributed by atoms with Gasteiger partial charge in [-0.2, -0.15) is 0 Å². The Hall–Kier alpha value is -3.06. The second kappa shape index (κ2) is 8.13. The lowest BCUT2D eigenvalue weighted by Crippen LogP contribution is -2.43. The van der Waals surface area contributed by atoms with Gasteiger partial charge in [-0.3, -0.25) is 14.5 Å². The van der Waals surface area contributed by atoms with Crippen LogP contribution in [-0.2, 0) is 10.3 Å². The highest BCUT2D eigenvalue weighted by Gasteiger charge is 2.51. The molecule has 0 saturated carbocycles. The van der Waals surface area contributed by atoms with Crippen LogP contribution in [0.3, 0.4) is 0 Å². The van der Waals surface area contributed by atoms with E-state index in [0.717, 1.165) is 4.90 Å². The number of hydrogen-bond acceptors (Lipinski definition) is 5. The maximum atomic E-state index is 13.2. The zero-order chi connectivity index (χ0) is 21.2. The number of carbonyl (C=O) groups excluding carboxylic acids is 3. The molecule has 29 heavy (non-hydrogen) atoms. The molecule has 2 aromatic carbocycles. The van der Waals surface area contributed by atoms with Gasteiger partial charge in [0.25, 0.3) is 5.91 Å². The number of rotatable bonds is 7. The van der Waals surface area contributed by atoms with E-state index in [1.807, 2.05) is 0 Å². The number of nitrogens with one attached hydrogen (secondary N) is 1. The van der Waals surface area contributed by atoms with Gasteiger partial charge in [0, 0.05) is 5.56 Å². The smallest absolute Gasteiger partial charge is 0.325 e. The first kappa shape index (κ1) is 20.7. The second-order valence-corrected chi connectivity index (χ2v) is 6.99. The number of ether oxygens (including phenoxy) is 2. The Morgan fingerprint density at radius 2 is 1.79 bits per heavy atom. The summed E-state index contributed by atoms with van der Waals surface area (Å²) in [5, 5.41) is 3.03. The SMILES string of the molecule is CC[C@]1(c2ccc(OC)cc2)NC(=O)N(CC(=O)c2ccc(OC)c(Cl)c2)C1=O. The van der Waals surface area contributed by atoms with Gasteiger partial charge in [-0.15, -0.1) is 0 Å². The summed E-state index contributed by atoms with van der Waals surface area (Å²) in [6.45, 7) is 1.42. The zero-order valence-corrected chi connectivity index (χ0v) is 17.1. The summed E-state index contributed by atoms with van der Waals surface area (Å²) in [6, 6.07) is 10.9. The molecule has 0 spiro atoms. The van der Waals surface area contributed by atoms with Gasteiger partial charge >= 0.3 is 6.03 Å². The maximum absolute atomic E-state index is 13.2. The van der Waals surface area contributed by atoms with Crippen LogP contribution < -0.4 is 14.8 Å². The first-order valence-electron chi connectivity index (χ1n) is 9.01. The molecule has 3 amide bonds. The second-order valence-electron chi connectivity index (χ2n) is 6.58. The Kier molecular flexibility index (Phi) is 5.79. The van der Waals surface area contributed by atoms with Crippen LogP contribution in [0, 0.1) is 0 Å². The topological polar surface area (TPSA) is 84.9 Å². The molecule has 1 atom stereocenters. The van der Waals surface area contributed by atoms with Crippen molar-refractivity contribution in [3.8, 4) is 11.5 Å². The van der Waals surface area contributed by atoms with Gasteiger partial charge in [-0.1, -0.05) is 30.7 Å². The van der Waals surface area contributed by atoms with E-state index in [0.29, 0.717) is 23.5 Å². The molecule has 1 N–H and O–H groups in total. The van der Waals surface area contributed by atoms with E-state index in [1.54, 1.807) is 50.4 Å². The van der Waals surface area contributed by atoms with E-state index in [1.165, 1.54) is 13.2 Å². The highest BCUT2D eigenvalue weighted by atomic mass is 35.5. The largest absolute Gasteiger partial charge is 0.497 e. The Balaban J connectivity index is 1.85. The van der Waals surface area contributed by atoms with Crippen LogP contribution in [-0.4, -0.2) is 43.4 Å². The predicted octanol–water partition coefficient (Wildman–Crippen LogP) is 3.40. The normalized spacial score (nSPS) is 18.6. The molecular formula is C21H21ClN2O5. The molecule has 0 aliphatic carbocycles. The molecule has 3 rings (SSSR count). The number of ketones is 1. The summed E-state index contributed by atoms with van der Waals surface area (Å²) in [5.74, 6) is 0.200. The lowest BCUT2D eigenvalue weighted by Gasteiger charge is -2.26. The van der Waals surface area contributed by atoms with Crippen LogP contribution in [0.1, 0.15) is 29.3 Å². The molecule has 0 bridgehead atoms. The number of hydrogen-bond donors (Lipinski definition) is 1. The van der Waals surface area contributed by atoms with Gasteiger partial charge in [0.15, 0.2) is 5.78 Å². The van der Waals surface area contributed by atoms with Crippen molar-refractivity contribution < 1.29 is 23.9 Å². The van der Waals surface area contributed by atoms with Crippen LogP contribution in [0.2, 0.25) is 5.02 Å². The molecule has 1 aliphatic heterocycles. The number of Topliss-reactive ketones (excluding diaryl/α,β-unsaturated/α-hetero) is 1. The van der Waals surface area contributed by atoms with Crippen molar-refractivity contribution in [1.29, 1.82) is 0 Å². The molecule has 0 unspecified atom stereocenters. The molecule has 2 aromatic rings. The molecule has 1 fully saturated rings. The third-order valence-corrected chi connectivity index (χ3v) is 5.36. The van der Waals surface area contributed by atoms with Crippen molar-refractivity contribution in [1.82, 2.24) is 10.2 Å². The summed E-state index contributed by atoms with van der Waals surface area (Å²) in [6.07, 6.45) is 0.336. The van der Waals surface area contributed by atoms with Gasteiger partial charge in [0.1, 0.15) is 17.0 Å². The first-order chi connectivity index (χ1) is 13.9. The fourth-order valence-electron chi connectivity index (χ4n) is 3.36. The molecule has 1 heterocycles.